The van der Waals surface area contributed by atoms with E-state index in [0.29, 0.717) is 11.3 Å². The molecular formula is C14H13N3. The summed E-state index contributed by atoms with van der Waals surface area (Å²) in [4.78, 5) is 0. The van der Waals surface area contributed by atoms with Gasteiger partial charge in [-0.05, 0) is 42.8 Å². The van der Waals surface area contributed by atoms with Gasteiger partial charge in [0.25, 0.3) is 0 Å². The lowest BCUT2D eigenvalue weighted by Gasteiger charge is -2.12. The number of rotatable bonds is 2. The number of benzene rings is 2. The van der Waals surface area contributed by atoms with Crippen molar-refractivity contribution in [3.05, 3.63) is 53.6 Å². The molecule has 0 aliphatic carbocycles. The molecule has 0 saturated carbocycles. The van der Waals surface area contributed by atoms with E-state index in [2.05, 4.69) is 11.4 Å². The van der Waals surface area contributed by atoms with E-state index >= 15 is 0 Å². The van der Waals surface area contributed by atoms with E-state index < -0.39 is 0 Å². The van der Waals surface area contributed by atoms with Crippen molar-refractivity contribution >= 4 is 17.1 Å². The average Bonchev–Trinajstić information content (AvgIpc) is 2.35. The Morgan fingerprint density at radius 1 is 1.12 bits per heavy atom. The van der Waals surface area contributed by atoms with E-state index in [-0.39, 0.29) is 0 Å². The van der Waals surface area contributed by atoms with Gasteiger partial charge in [0.15, 0.2) is 0 Å². The van der Waals surface area contributed by atoms with Crippen LogP contribution in [0.4, 0.5) is 17.1 Å². The molecule has 0 bridgehead atoms. The second-order valence-corrected chi connectivity index (χ2v) is 3.85. The van der Waals surface area contributed by atoms with Crippen LogP contribution in [0.5, 0.6) is 0 Å². The molecule has 0 atom stereocenters. The Balaban J connectivity index is 2.29. The number of para-hydroxylation sites is 1. The van der Waals surface area contributed by atoms with Crippen LogP contribution in [0.3, 0.4) is 0 Å². The van der Waals surface area contributed by atoms with Gasteiger partial charge in [-0.2, -0.15) is 5.26 Å². The van der Waals surface area contributed by atoms with Crippen LogP contribution >= 0.6 is 0 Å². The number of nitrogen functional groups attached to an aromatic ring is 1. The zero-order valence-electron chi connectivity index (χ0n) is 9.57. The molecule has 0 fully saturated rings. The third kappa shape index (κ3) is 2.37. The summed E-state index contributed by atoms with van der Waals surface area (Å²) in [5, 5.41) is 12.0. The van der Waals surface area contributed by atoms with E-state index in [9.17, 15) is 0 Å². The van der Waals surface area contributed by atoms with Gasteiger partial charge in [-0.15, -0.1) is 0 Å². The van der Waals surface area contributed by atoms with Gasteiger partial charge >= 0.3 is 0 Å². The molecule has 3 heteroatoms. The quantitative estimate of drug-likeness (QED) is 0.768. The summed E-state index contributed by atoms with van der Waals surface area (Å²) < 4.78 is 0. The lowest BCUT2D eigenvalue weighted by molar-refractivity contribution is 1.42. The Morgan fingerprint density at radius 3 is 2.41 bits per heavy atom. The predicted molar refractivity (Wildman–Crippen MR) is 70.0 cm³/mol. The third-order valence-corrected chi connectivity index (χ3v) is 2.59. The fraction of sp³-hybridized carbons (Fsp3) is 0.0714. The standard InChI is InChI=1S/C14H13N3/c1-10-3-2-4-13(16)14(10)17-12-7-5-11(9-15)6-8-12/h2-8,17H,16H2,1H3. The van der Waals surface area contributed by atoms with Gasteiger partial charge in [0.2, 0.25) is 0 Å². The minimum absolute atomic E-state index is 0.647. The first-order valence-electron chi connectivity index (χ1n) is 5.33. The summed E-state index contributed by atoms with van der Waals surface area (Å²) in [5.74, 6) is 0. The summed E-state index contributed by atoms with van der Waals surface area (Å²) in [6, 6.07) is 15.2. The fourth-order valence-electron chi connectivity index (χ4n) is 1.63. The Morgan fingerprint density at radius 2 is 1.82 bits per heavy atom. The molecule has 0 aliphatic heterocycles. The normalized spacial score (nSPS) is 9.65. The maximum Gasteiger partial charge on any atom is 0.0991 e. The van der Waals surface area contributed by atoms with E-state index in [0.717, 1.165) is 16.9 Å². The van der Waals surface area contributed by atoms with Gasteiger partial charge in [0.1, 0.15) is 0 Å². The molecule has 0 unspecified atom stereocenters. The highest BCUT2D eigenvalue weighted by molar-refractivity contribution is 5.75. The van der Waals surface area contributed by atoms with Gasteiger partial charge in [0.05, 0.1) is 23.0 Å². The number of hydrogen-bond acceptors (Lipinski definition) is 3. The summed E-state index contributed by atoms with van der Waals surface area (Å²) in [5.41, 5.74) is 10.2. The first-order chi connectivity index (χ1) is 8.20. The molecule has 2 aromatic carbocycles. The molecule has 0 heterocycles. The van der Waals surface area contributed by atoms with Crippen LogP contribution in [0.25, 0.3) is 0 Å². The molecule has 0 radical (unpaired) electrons. The monoisotopic (exact) mass is 223 g/mol. The van der Waals surface area contributed by atoms with Crippen LogP contribution in [0.1, 0.15) is 11.1 Å². The molecule has 0 saturated heterocycles. The molecule has 2 aromatic rings. The zero-order chi connectivity index (χ0) is 12.3. The average molecular weight is 223 g/mol. The molecule has 0 spiro atoms. The van der Waals surface area contributed by atoms with E-state index in [4.69, 9.17) is 11.0 Å². The highest BCUT2D eigenvalue weighted by atomic mass is 14.9. The first-order valence-corrected chi connectivity index (χ1v) is 5.33. The number of anilines is 3. The zero-order valence-corrected chi connectivity index (χ0v) is 9.57. The number of nitrogens with two attached hydrogens (primary N) is 1. The highest BCUT2D eigenvalue weighted by Crippen LogP contribution is 2.26. The van der Waals surface area contributed by atoms with Crippen LogP contribution in [0.15, 0.2) is 42.5 Å². The van der Waals surface area contributed by atoms with Crippen molar-refractivity contribution in [3.8, 4) is 6.07 Å². The predicted octanol–water partition coefficient (Wildman–Crippen LogP) is 3.19. The van der Waals surface area contributed by atoms with Crippen LogP contribution in [-0.4, -0.2) is 0 Å². The Labute approximate surface area is 101 Å². The maximum atomic E-state index is 8.72. The number of nitrogens with zero attached hydrogens (tertiary/aromatic N) is 1. The number of hydrogen-bond donors (Lipinski definition) is 2. The second-order valence-electron chi connectivity index (χ2n) is 3.85. The summed E-state index contributed by atoms with van der Waals surface area (Å²) >= 11 is 0. The van der Waals surface area contributed by atoms with Crippen molar-refractivity contribution in [2.24, 2.45) is 0 Å². The van der Waals surface area contributed by atoms with Crippen LogP contribution in [0, 0.1) is 18.3 Å². The SMILES string of the molecule is Cc1cccc(N)c1Nc1ccc(C#N)cc1. The molecule has 2 rings (SSSR count). The number of nitriles is 1. The third-order valence-electron chi connectivity index (χ3n) is 2.59. The summed E-state index contributed by atoms with van der Waals surface area (Å²) in [6.07, 6.45) is 0. The summed E-state index contributed by atoms with van der Waals surface area (Å²) in [7, 11) is 0. The summed E-state index contributed by atoms with van der Waals surface area (Å²) in [6.45, 7) is 2.00. The van der Waals surface area contributed by atoms with E-state index in [1.54, 1.807) is 12.1 Å². The van der Waals surface area contributed by atoms with Crippen molar-refractivity contribution < 1.29 is 0 Å². The fourth-order valence-corrected chi connectivity index (χ4v) is 1.63. The van der Waals surface area contributed by atoms with Gasteiger partial charge in [-0.25, -0.2) is 0 Å². The molecule has 17 heavy (non-hydrogen) atoms. The first kappa shape index (κ1) is 11.0. The highest BCUT2D eigenvalue weighted by Gasteiger charge is 2.02. The van der Waals surface area contributed by atoms with Crippen molar-refractivity contribution in [2.75, 3.05) is 11.1 Å². The topological polar surface area (TPSA) is 61.8 Å². The van der Waals surface area contributed by atoms with Gasteiger partial charge in [0, 0.05) is 5.69 Å². The Hall–Kier alpha value is -2.47. The van der Waals surface area contributed by atoms with Crippen LogP contribution in [0.2, 0.25) is 0 Å². The molecular weight excluding hydrogens is 210 g/mol. The Kier molecular flexibility index (Phi) is 2.97. The lowest BCUT2D eigenvalue weighted by atomic mass is 10.1. The minimum Gasteiger partial charge on any atom is -0.397 e. The molecule has 0 aliphatic rings. The molecule has 84 valence electrons. The molecule has 0 aromatic heterocycles. The van der Waals surface area contributed by atoms with Gasteiger partial charge in [-0.1, -0.05) is 12.1 Å². The largest absolute Gasteiger partial charge is 0.397 e. The second kappa shape index (κ2) is 4.58. The van der Waals surface area contributed by atoms with Crippen LogP contribution < -0.4 is 11.1 Å². The van der Waals surface area contributed by atoms with Crippen molar-refractivity contribution in [1.82, 2.24) is 0 Å². The van der Waals surface area contributed by atoms with Crippen LogP contribution in [-0.2, 0) is 0 Å². The van der Waals surface area contributed by atoms with Crippen molar-refractivity contribution in [3.63, 3.8) is 0 Å². The molecule has 3 N–H and O–H groups in total. The van der Waals surface area contributed by atoms with Crippen molar-refractivity contribution in [1.29, 1.82) is 5.26 Å². The molecule has 0 amide bonds. The van der Waals surface area contributed by atoms with E-state index in [1.807, 2.05) is 37.3 Å². The Bertz CT molecular complexity index is 545. The molecule has 3 nitrogen and oxygen atoms in total. The minimum atomic E-state index is 0.647. The van der Waals surface area contributed by atoms with E-state index in [1.165, 1.54) is 0 Å². The van der Waals surface area contributed by atoms with Gasteiger partial charge in [-0.3, -0.25) is 0 Å². The smallest absolute Gasteiger partial charge is 0.0991 e. The van der Waals surface area contributed by atoms with Gasteiger partial charge < -0.3 is 11.1 Å². The number of aryl methyl sites for hydroxylation is 1. The number of nitrogens with one attached hydrogen (secondary N) is 1. The van der Waals surface area contributed by atoms with Crippen molar-refractivity contribution in [2.45, 2.75) is 6.92 Å². The maximum absolute atomic E-state index is 8.72. The lowest BCUT2D eigenvalue weighted by Crippen LogP contribution is -1.98.